The summed E-state index contributed by atoms with van der Waals surface area (Å²) in [5.41, 5.74) is 2.13. The molecule has 2 aliphatic rings. The van der Waals surface area contributed by atoms with Crippen LogP contribution in [-0.2, 0) is 9.59 Å². The Balaban J connectivity index is 1.49. The van der Waals surface area contributed by atoms with E-state index in [1.54, 1.807) is 6.92 Å². The van der Waals surface area contributed by atoms with Gasteiger partial charge in [0.2, 0.25) is 11.8 Å². The van der Waals surface area contributed by atoms with E-state index in [0.29, 0.717) is 29.8 Å². The number of piperazine rings is 1. The molecule has 8 heteroatoms. The molecule has 2 aliphatic heterocycles. The smallest absolute Gasteiger partial charge is 0.223 e. The van der Waals surface area contributed by atoms with Crippen LogP contribution in [0.15, 0.2) is 47.1 Å². The summed E-state index contributed by atoms with van der Waals surface area (Å²) in [6.07, 6.45) is 4.23. The second-order valence-electron chi connectivity index (χ2n) is 10.4. The molecule has 194 valence electrons. The molecule has 0 N–H and O–H groups in total. The van der Waals surface area contributed by atoms with Gasteiger partial charge in [-0.2, -0.15) is 0 Å². The van der Waals surface area contributed by atoms with Crippen LogP contribution in [0.25, 0.3) is 0 Å². The maximum absolute atomic E-state index is 13.5. The highest BCUT2D eigenvalue weighted by atomic mass is 79.9. The van der Waals surface area contributed by atoms with E-state index in [1.165, 1.54) is 0 Å². The van der Waals surface area contributed by atoms with Crippen LogP contribution in [-0.4, -0.2) is 70.3 Å². The summed E-state index contributed by atoms with van der Waals surface area (Å²) in [7, 11) is 0. The third-order valence-electron chi connectivity index (χ3n) is 7.64. The summed E-state index contributed by atoms with van der Waals surface area (Å²) in [5.74, 6) is 1.07. The predicted octanol–water partition coefficient (Wildman–Crippen LogP) is 5.40. The zero-order valence-electron chi connectivity index (χ0n) is 21.4. The molecule has 0 bridgehead atoms. The summed E-state index contributed by atoms with van der Waals surface area (Å²) < 4.78 is 0.950. The van der Waals surface area contributed by atoms with Gasteiger partial charge in [-0.15, -0.1) is 0 Å². The number of benzene rings is 1. The average molecular weight is 576 g/mol. The molecule has 0 spiro atoms. The zero-order chi connectivity index (χ0) is 25.8. The SMILES string of the molecule is CC(=O)N1CCC(CC(=O)N2CCN(C(c3ccc(Cl)cc3)c3ccc(Br)cn3)C[C@@H]2C(C)C)CC1. The van der Waals surface area contributed by atoms with Crippen LogP contribution in [0.5, 0.6) is 0 Å². The number of hydrogen-bond donors (Lipinski definition) is 0. The van der Waals surface area contributed by atoms with Gasteiger partial charge in [-0.1, -0.05) is 37.6 Å². The maximum atomic E-state index is 13.5. The highest BCUT2D eigenvalue weighted by molar-refractivity contribution is 9.10. The van der Waals surface area contributed by atoms with Crippen LogP contribution >= 0.6 is 27.5 Å². The van der Waals surface area contributed by atoms with Crippen molar-refractivity contribution in [1.82, 2.24) is 19.7 Å². The fourth-order valence-corrected chi connectivity index (χ4v) is 5.89. The van der Waals surface area contributed by atoms with E-state index in [1.807, 2.05) is 29.3 Å². The van der Waals surface area contributed by atoms with Crippen molar-refractivity contribution in [1.29, 1.82) is 0 Å². The molecular weight excluding hydrogens is 540 g/mol. The lowest BCUT2D eigenvalue weighted by atomic mass is 9.91. The van der Waals surface area contributed by atoms with Crippen LogP contribution in [0, 0.1) is 11.8 Å². The van der Waals surface area contributed by atoms with Crippen molar-refractivity contribution < 1.29 is 9.59 Å². The van der Waals surface area contributed by atoms with Crippen LogP contribution in [0.4, 0.5) is 0 Å². The Bertz CT molecular complexity index is 993. The maximum Gasteiger partial charge on any atom is 0.223 e. The fraction of sp³-hybridized carbons (Fsp3) is 0.536. The van der Waals surface area contributed by atoms with E-state index in [0.717, 1.165) is 54.8 Å². The summed E-state index contributed by atoms with van der Waals surface area (Å²) in [4.78, 5) is 36.3. The predicted molar refractivity (Wildman–Crippen MR) is 147 cm³/mol. The fourth-order valence-electron chi connectivity index (χ4n) is 5.53. The summed E-state index contributed by atoms with van der Waals surface area (Å²) in [5, 5.41) is 0.714. The van der Waals surface area contributed by atoms with Gasteiger partial charge in [-0.3, -0.25) is 19.5 Å². The monoisotopic (exact) mass is 574 g/mol. The van der Waals surface area contributed by atoms with E-state index in [9.17, 15) is 9.59 Å². The number of piperidine rings is 1. The van der Waals surface area contributed by atoms with Gasteiger partial charge >= 0.3 is 0 Å². The summed E-state index contributed by atoms with van der Waals surface area (Å²) in [6.45, 7) is 9.83. The normalized spacial score (nSPS) is 20.6. The topological polar surface area (TPSA) is 56.8 Å². The van der Waals surface area contributed by atoms with E-state index in [2.05, 4.69) is 57.8 Å². The van der Waals surface area contributed by atoms with Gasteiger partial charge in [0.1, 0.15) is 0 Å². The Kier molecular flexibility index (Phi) is 9.07. The molecule has 0 saturated carbocycles. The van der Waals surface area contributed by atoms with Gasteiger partial charge in [0.05, 0.1) is 11.7 Å². The lowest BCUT2D eigenvalue weighted by Crippen LogP contribution is -2.58. The minimum atomic E-state index is -0.00947. The molecule has 6 nitrogen and oxygen atoms in total. The lowest BCUT2D eigenvalue weighted by Gasteiger charge is -2.46. The lowest BCUT2D eigenvalue weighted by molar-refractivity contribution is -0.139. The molecule has 3 heterocycles. The van der Waals surface area contributed by atoms with E-state index >= 15 is 0 Å². The molecule has 1 aromatic carbocycles. The highest BCUT2D eigenvalue weighted by Crippen LogP contribution is 2.33. The van der Waals surface area contributed by atoms with E-state index < -0.39 is 0 Å². The third kappa shape index (κ3) is 6.48. The van der Waals surface area contributed by atoms with Gasteiger partial charge in [0.15, 0.2) is 0 Å². The van der Waals surface area contributed by atoms with Crippen molar-refractivity contribution >= 4 is 39.3 Å². The molecular formula is C28H36BrClN4O2. The third-order valence-corrected chi connectivity index (χ3v) is 8.37. The zero-order valence-corrected chi connectivity index (χ0v) is 23.7. The number of carbonyl (C=O) groups excluding carboxylic acids is 2. The Morgan fingerprint density at radius 2 is 1.75 bits per heavy atom. The standard InChI is InChI=1S/C28H36BrClN4O2/c1-19(2)26-18-33(14-15-34(26)27(36)16-21-10-12-32(13-11-21)20(3)35)28(22-4-7-24(30)8-5-22)25-9-6-23(29)17-31-25/h4-9,17,19,21,26,28H,10-16,18H2,1-3H3/t26-,28?/m1/s1. The van der Waals surface area contributed by atoms with Gasteiger partial charge in [-0.05, 0) is 70.4 Å². The number of amides is 2. The molecule has 36 heavy (non-hydrogen) atoms. The highest BCUT2D eigenvalue weighted by Gasteiger charge is 2.37. The second-order valence-corrected chi connectivity index (χ2v) is 11.8. The number of likely N-dealkylation sites (tertiary alicyclic amines) is 1. The van der Waals surface area contributed by atoms with Crippen LogP contribution in [0.3, 0.4) is 0 Å². The van der Waals surface area contributed by atoms with Crippen LogP contribution < -0.4 is 0 Å². The van der Waals surface area contributed by atoms with Crippen molar-refractivity contribution in [2.75, 3.05) is 32.7 Å². The molecule has 0 radical (unpaired) electrons. The molecule has 2 saturated heterocycles. The molecule has 2 fully saturated rings. The largest absolute Gasteiger partial charge is 0.343 e. The quantitative estimate of drug-likeness (QED) is 0.463. The first-order chi connectivity index (χ1) is 17.2. The molecule has 4 rings (SSSR count). The molecule has 2 aromatic rings. The van der Waals surface area contributed by atoms with Crippen LogP contribution in [0.2, 0.25) is 5.02 Å². The van der Waals surface area contributed by atoms with Gasteiger partial charge < -0.3 is 9.80 Å². The van der Waals surface area contributed by atoms with Gasteiger partial charge in [0, 0.05) is 67.8 Å². The summed E-state index contributed by atoms with van der Waals surface area (Å²) in [6, 6.07) is 12.2. The summed E-state index contributed by atoms with van der Waals surface area (Å²) >= 11 is 9.69. The first kappa shape index (κ1) is 27.1. The van der Waals surface area contributed by atoms with E-state index in [4.69, 9.17) is 16.6 Å². The Labute approximate surface area is 228 Å². The minimum Gasteiger partial charge on any atom is -0.343 e. The number of halogens is 2. The number of rotatable bonds is 6. The van der Waals surface area contributed by atoms with Crippen molar-refractivity contribution in [3.63, 3.8) is 0 Å². The first-order valence-electron chi connectivity index (χ1n) is 12.9. The van der Waals surface area contributed by atoms with Gasteiger partial charge in [0.25, 0.3) is 0 Å². The molecule has 2 atom stereocenters. The number of pyridine rings is 1. The molecule has 1 aromatic heterocycles. The molecule has 2 amide bonds. The second kappa shape index (κ2) is 12.1. The average Bonchev–Trinajstić information content (AvgIpc) is 2.86. The first-order valence-corrected chi connectivity index (χ1v) is 14.1. The molecule has 1 unspecified atom stereocenters. The van der Waals surface area contributed by atoms with Crippen molar-refractivity contribution in [3.05, 3.63) is 63.3 Å². The number of nitrogens with zero attached hydrogens (tertiary/aromatic N) is 4. The van der Waals surface area contributed by atoms with Gasteiger partial charge in [-0.25, -0.2) is 0 Å². The number of aromatic nitrogens is 1. The van der Waals surface area contributed by atoms with E-state index in [-0.39, 0.29) is 23.9 Å². The number of carbonyl (C=O) groups is 2. The van der Waals surface area contributed by atoms with Crippen molar-refractivity contribution in [3.8, 4) is 0 Å². The Morgan fingerprint density at radius 1 is 1.06 bits per heavy atom. The van der Waals surface area contributed by atoms with Crippen molar-refractivity contribution in [2.24, 2.45) is 11.8 Å². The number of hydrogen-bond acceptors (Lipinski definition) is 4. The van der Waals surface area contributed by atoms with Crippen LogP contribution in [0.1, 0.15) is 57.3 Å². The van der Waals surface area contributed by atoms with Crippen molar-refractivity contribution in [2.45, 2.75) is 52.1 Å². The Hall–Kier alpha value is -1.96. The molecule has 0 aliphatic carbocycles. The minimum absolute atomic E-state index is 0.00947. The Morgan fingerprint density at radius 3 is 2.33 bits per heavy atom.